The van der Waals surface area contributed by atoms with Gasteiger partial charge in [-0.1, -0.05) is 12.1 Å². The van der Waals surface area contributed by atoms with Crippen molar-refractivity contribution >= 4 is 5.91 Å². The van der Waals surface area contributed by atoms with Crippen LogP contribution in [-0.4, -0.2) is 55.3 Å². The largest absolute Gasteiger partial charge is 0.332 e. The first kappa shape index (κ1) is 21.4. The van der Waals surface area contributed by atoms with E-state index in [1.54, 1.807) is 17.0 Å². The molecule has 2 aliphatic rings. The molecule has 3 aromatic rings. The van der Waals surface area contributed by atoms with Crippen molar-refractivity contribution in [3.8, 4) is 0 Å². The van der Waals surface area contributed by atoms with Gasteiger partial charge in [-0.05, 0) is 38.4 Å². The van der Waals surface area contributed by atoms with Gasteiger partial charge in [0.1, 0.15) is 17.5 Å². The molecule has 1 atom stereocenters. The maximum absolute atomic E-state index is 14.1. The monoisotopic (exact) mass is 448 g/mol. The molecule has 33 heavy (non-hydrogen) atoms. The van der Waals surface area contributed by atoms with E-state index < -0.39 is 5.82 Å². The minimum Gasteiger partial charge on any atom is -0.332 e. The molecule has 9 heteroatoms. The van der Waals surface area contributed by atoms with Gasteiger partial charge in [0.15, 0.2) is 0 Å². The molecule has 8 nitrogen and oxygen atoms in total. The number of nitrogens with one attached hydrogen (secondary N) is 1. The molecule has 1 aromatic carbocycles. The summed E-state index contributed by atoms with van der Waals surface area (Å²) in [5.74, 6) is 0.581. The Labute approximate surface area is 190 Å². The Morgan fingerprint density at radius 2 is 2.00 bits per heavy atom. The molecule has 0 saturated carbocycles. The number of aromatic nitrogens is 4. The van der Waals surface area contributed by atoms with Crippen LogP contribution in [0.4, 0.5) is 4.39 Å². The first-order chi connectivity index (χ1) is 16.0. The van der Waals surface area contributed by atoms with E-state index in [0.29, 0.717) is 30.0 Å². The minimum atomic E-state index is -0.544. The lowest BCUT2D eigenvalue weighted by molar-refractivity contribution is 0.0726. The quantitative estimate of drug-likeness (QED) is 0.658. The lowest BCUT2D eigenvalue weighted by atomic mass is 10.0. The molecule has 0 radical (unpaired) electrons. The molecule has 1 N–H and O–H groups in total. The molecular formula is C24H25FN6O2. The van der Waals surface area contributed by atoms with E-state index in [4.69, 9.17) is 4.98 Å². The molecule has 2 aromatic heterocycles. The van der Waals surface area contributed by atoms with E-state index >= 15 is 0 Å². The molecule has 170 valence electrons. The molecule has 0 bridgehead atoms. The molecule has 0 unspecified atom stereocenters. The number of likely N-dealkylation sites (tertiary alicyclic amines) is 1. The Kier molecular flexibility index (Phi) is 5.72. The normalized spacial score (nSPS) is 18.4. The Morgan fingerprint density at radius 1 is 1.21 bits per heavy atom. The summed E-state index contributed by atoms with van der Waals surface area (Å²) in [6.45, 7) is 4.83. The van der Waals surface area contributed by atoms with Gasteiger partial charge in [0.05, 0.1) is 17.8 Å². The number of hydrogen-bond donors (Lipinski definition) is 1. The molecule has 1 fully saturated rings. The van der Waals surface area contributed by atoms with Crippen molar-refractivity contribution in [3.05, 3.63) is 86.9 Å². The number of halogens is 1. The van der Waals surface area contributed by atoms with E-state index in [9.17, 15) is 14.0 Å². The van der Waals surface area contributed by atoms with Gasteiger partial charge >= 0.3 is 0 Å². The minimum absolute atomic E-state index is 0.0394. The van der Waals surface area contributed by atoms with Crippen LogP contribution in [0.3, 0.4) is 0 Å². The standard InChI is InChI=1S/C24H25FN6O2/c1-15-26-10-16(11-27-15)12-30-8-6-17(13-30)22-28-21-14-31(9-7-19(21)23(32)29-22)24(33)18-4-2-3-5-20(18)25/h2-5,10-11,17H,6-9,12-14H2,1H3,(H,28,29,32)/t17-/m1/s1. The van der Waals surface area contributed by atoms with Crippen LogP contribution in [0.25, 0.3) is 0 Å². The van der Waals surface area contributed by atoms with Gasteiger partial charge in [0, 0.05) is 49.1 Å². The average Bonchev–Trinajstić information content (AvgIpc) is 3.28. The van der Waals surface area contributed by atoms with Crippen molar-refractivity contribution in [1.29, 1.82) is 0 Å². The summed E-state index contributed by atoms with van der Waals surface area (Å²) in [5.41, 5.74) is 2.17. The number of nitrogens with zero attached hydrogens (tertiary/aromatic N) is 5. The predicted molar refractivity (Wildman–Crippen MR) is 119 cm³/mol. The van der Waals surface area contributed by atoms with Crippen LogP contribution >= 0.6 is 0 Å². The SMILES string of the molecule is Cc1ncc(CN2CC[C@@H](c3nc4c(c(=O)[nH]3)CCN(C(=O)c3ccccc3F)C4)C2)cn1. The number of benzene rings is 1. The predicted octanol–water partition coefficient (Wildman–Crippen LogP) is 2.20. The zero-order valence-electron chi connectivity index (χ0n) is 18.4. The van der Waals surface area contributed by atoms with Gasteiger partial charge in [-0.2, -0.15) is 0 Å². The molecule has 4 heterocycles. The first-order valence-electron chi connectivity index (χ1n) is 11.1. The van der Waals surface area contributed by atoms with Gasteiger partial charge < -0.3 is 9.88 Å². The van der Waals surface area contributed by atoms with Crippen molar-refractivity contribution in [1.82, 2.24) is 29.7 Å². The van der Waals surface area contributed by atoms with Crippen molar-refractivity contribution in [3.63, 3.8) is 0 Å². The topological polar surface area (TPSA) is 95.1 Å². The van der Waals surface area contributed by atoms with Gasteiger partial charge in [-0.15, -0.1) is 0 Å². The van der Waals surface area contributed by atoms with Crippen molar-refractivity contribution in [2.45, 2.75) is 38.8 Å². The number of fused-ring (bicyclic) bond motifs is 1. The van der Waals surface area contributed by atoms with Crippen LogP contribution in [0, 0.1) is 12.7 Å². The summed E-state index contributed by atoms with van der Waals surface area (Å²) in [4.78, 5) is 45.7. The van der Waals surface area contributed by atoms with Gasteiger partial charge in [0.25, 0.3) is 11.5 Å². The second-order valence-electron chi connectivity index (χ2n) is 8.69. The Bertz CT molecular complexity index is 1240. The lowest BCUT2D eigenvalue weighted by Gasteiger charge is -2.28. The molecule has 0 aliphatic carbocycles. The smallest absolute Gasteiger partial charge is 0.257 e. The molecular weight excluding hydrogens is 423 g/mol. The number of aromatic amines is 1. The fraction of sp³-hybridized carbons (Fsp3) is 0.375. The summed E-state index contributed by atoms with van der Waals surface area (Å²) in [7, 11) is 0. The highest BCUT2D eigenvalue weighted by atomic mass is 19.1. The molecule has 1 saturated heterocycles. The average molecular weight is 449 g/mol. The van der Waals surface area contributed by atoms with Crippen molar-refractivity contribution < 1.29 is 9.18 Å². The van der Waals surface area contributed by atoms with Crippen LogP contribution in [0.1, 0.15) is 51.2 Å². The number of aryl methyl sites for hydroxylation is 1. The van der Waals surface area contributed by atoms with E-state index in [-0.39, 0.29) is 29.5 Å². The maximum atomic E-state index is 14.1. The third-order valence-corrected chi connectivity index (χ3v) is 6.38. The third kappa shape index (κ3) is 4.41. The van der Waals surface area contributed by atoms with Crippen LogP contribution in [0.15, 0.2) is 41.5 Å². The van der Waals surface area contributed by atoms with Gasteiger partial charge in [-0.3, -0.25) is 14.5 Å². The first-order valence-corrected chi connectivity index (χ1v) is 11.1. The highest BCUT2D eigenvalue weighted by Crippen LogP contribution is 2.27. The third-order valence-electron chi connectivity index (χ3n) is 6.38. The summed E-state index contributed by atoms with van der Waals surface area (Å²) in [5, 5.41) is 0. The maximum Gasteiger partial charge on any atom is 0.257 e. The fourth-order valence-electron chi connectivity index (χ4n) is 4.59. The zero-order chi connectivity index (χ0) is 22.9. The van der Waals surface area contributed by atoms with Crippen LogP contribution in [-0.2, 0) is 19.5 Å². The van der Waals surface area contributed by atoms with E-state index in [0.717, 1.165) is 37.4 Å². The van der Waals surface area contributed by atoms with E-state index in [1.807, 2.05) is 19.3 Å². The van der Waals surface area contributed by atoms with Crippen LogP contribution in [0.5, 0.6) is 0 Å². The Hall–Kier alpha value is -3.46. The lowest BCUT2D eigenvalue weighted by Crippen LogP contribution is -2.40. The number of rotatable bonds is 4. The number of amides is 1. The number of hydrogen-bond acceptors (Lipinski definition) is 6. The second-order valence-corrected chi connectivity index (χ2v) is 8.69. The Morgan fingerprint density at radius 3 is 2.79 bits per heavy atom. The second kappa shape index (κ2) is 8.82. The summed E-state index contributed by atoms with van der Waals surface area (Å²) >= 11 is 0. The summed E-state index contributed by atoms with van der Waals surface area (Å²) in [6, 6.07) is 5.96. The van der Waals surface area contributed by atoms with Crippen LogP contribution < -0.4 is 5.56 Å². The van der Waals surface area contributed by atoms with Gasteiger partial charge in [0.2, 0.25) is 0 Å². The van der Waals surface area contributed by atoms with Crippen molar-refractivity contribution in [2.75, 3.05) is 19.6 Å². The van der Waals surface area contributed by atoms with E-state index in [1.165, 1.54) is 12.1 Å². The van der Waals surface area contributed by atoms with Gasteiger partial charge in [-0.25, -0.2) is 19.3 Å². The number of H-pyrrole nitrogens is 1. The van der Waals surface area contributed by atoms with E-state index in [2.05, 4.69) is 19.9 Å². The summed E-state index contributed by atoms with van der Waals surface area (Å²) in [6.07, 6.45) is 4.97. The summed E-state index contributed by atoms with van der Waals surface area (Å²) < 4.78 is 14.1. The fourth-order valence-corrected chi connectivity index (χ4v) is 4.59. The zero-order valence-corrected chi connectivity index (χ0v) is 18.4. The number of carbonyl (C=O) groups excluding carboxylic acids is 1. The molecule has 1 amide bonds. The number of carbonyl (C=O) groups is 1. The highest BCUT2D eigenvalue weighted by Gasteiger charge is 2.30. The van der Waals surface area contributed by atoms with Crippen LogP contribution in [0.2, 0.25) is 0 Å². The molecule has 0 spiro atoms. The Balaban J connectivity index is 1.31. The van der Waals surface area contributed by atoms with Crippen molar-refractivity contribution in [2.24, 2.45) is 0 Å². The molecule has 5 rings (SSSR count). The molecule has 2 aliphatic heterocycles. The highest BCUT2D eigenvalue weighted by molar-refractivity contribution is 5.94.